The predicted octanol–water partition coefficient (Wildman–Crippen LogP) is 2.70. The van der Waals surface area contributed by atoms with Gasteiger partial charge in [0.15, 0.2) is 0 Å². The molecule has 3 heteroatoms. The zero-order chi connectivity index (χ0) is 12.7. The molecule has 2 N–H and O–H groups in total. The molecule has 92 valence electrons. The van der Waals surface area contributed by atoms with Crippen LogP contribution in [-0.4, -0.2) is 12.6 Å². The van der Waals surface area contributed by atoms with E-state index in [1.165, 1.54) is 12.1 Å². The first-order chi connectivity index (χ1) is 8.21. The molecule has 2 nitrogen and oxygen atoms in total. The zero-order valence-corrected chi connectivity index (χ0v) is 10.3. The van der Waals surface area contributed by atoms with Gasteiger partial charge in [-0.05, 0) is 31.0 Å². The molecule has 1 aromatic carbocycles. The second kappa shape index (κ2) is 6.93. The van der Waals surface area contributed by atoms with Crippen LogP contribution in [0, 0.1) is 17.7 Å². The number of hydrogen-bond donors (Lipinski definition) is 1. The van der Waals surface area contributed by atoms with Crippen LogP contribution >= 0.6 is 0 Å². The second-order valence-electron chi connectivity index (χ2n) is 3.70. The third-order valence-electron chi connectivity index (χ3n) is 2.47. The Morgan fingerprint density at radius 1 is 1.35 bits per heavy atom. The van der Waals surface area contributed by atoms with E-state index in [0.29, 0.717) is 11.3 Å². The molecule has 0 aromatic heterocycles. The summed E-state index contributed by atoms with van der Waals surface area (Å²) in [4.78, 5) is 0. The van der Waals surface area contributed by atoms with Gasteiger partial charge in [-0.15, -0.1) is 0 Å². The number of ether oxygens (including phenoxy) is 1. The largest absolute Gasteiger partial charge is 0.489 e. The minimum Gasteiger partial charge on any atom is -0.489 e. The molecule has 17 heavy (non-hydrogen) atoms. The lowest BCUT2D eigenvalue weighted by atomic mass is 10.1. The van der Waals surface area contributed by atoms with E-state index < -0.39 is 0 Å². The second-order valence-corrected chi connectivity index (χ2v) is 3.70. The van der Waals surface area contributed by atoms with Crippen molar-refractivity contribution in [1.82, 2.24) is 0 Å². The summed E-state index contributed by atoms with van der Waals surface area (Å²) in [6.07, 6.45) is 1.97. The Hall–Kier alpha value is -1.53. The van der Waals surface area contributed by atoms with Crippen LogP contribution in [-0.2, 0) is 0 Å². The summed E-state index contributed by atoms with van der Waals surface area (Å²) in [5.41, 5.74) is 5.87. The van der Waals surface area contributed by atoms with E-state index >= 15 is 0 Å². The highest BCUT2D eigenvalue weighted by Crippen LogP contribution is 2.21. The van der Waals surface area contributed by atoms with Crippen molar-refractivity contribution in [3.05, 3.63) is 29.6 Å². The summed E-state index contributed by atoms with van der Waals surface area (Å²) in [7, 11) is 0. The van der Waals surface area contributed by atoms with Gasteiger partial charge in [0.2, 0.25) is 0 Å². The molecular weight excluding hydrogens is 217 g/mol. The molecule has 0 spiro atoms. The SMILES string of the molecule is CCC(CC)Oc1ccc(F)cc1C#CCN. The molecule has 0 heterocycles. The van der Waals surface area contributed by atoms with Gasteiger partial charge in [0.1, 0.15) is 11.6 Å². The molecule has 0 radical (unpaired) electrons. The molecule has 0 aliphatic rings. The predicted molar refractivity (Wildman–Crippen MR) is 67.3 cm³/mol. The fourth-order valence-electron chi connectivity index (χ4n) is 1.48. The molecule has 0 atom stereocenters. The highest BCUT2D eigenvalue weighted by molar-refractivity contribution is 5.46. The lowest BCUT2D eigenvalue weighted by molar-refractivity contribution is 0.192. The Morgan fingerprint density at radius 2 is 2.06 bits per heavy atom. The van der Waals surface area contributed by atoms with Crippen molar-refractivity contribution in [2.45, 2.75) is 32.8 Å². The van der Waals surface area contributed by atoms with Gasteiger partial charge in [-0.2, -0.15) is 0 Å². The normalized spacial score (nSPS) is 9.94. The lowest BCUT2D eigenvalue weighted by Crippen LogP contribution is -2.14. The van der Waals surface area contributed by atoms with Gasteiger partial charge in [0, 0.05) is 0 Å². The number of halogens is 1. The van der Waals surface area contributed by atoms with Crippen molar-refractivity contribution < 1.29 is 9.13 Å². The molecule has 0 amide bonds. The van der Waals surface area contributed by atoms with Crippen molar-refractivity contribution >= 4 is 0 Å². The number of hydrogen-bond acceptors (Lipinski definition) is 2. The summed E-state index contributed by atoms with van der Waals surface area (Å²) in [5, 5.41) is 0. The third kappa shape index (κ3) is 4.08. The van der Waals surface area contributed by atoms with Crippen LogP contribution in [0.15, 0.2) is 18.2 Å². The van der Waals surface area contributed by atoms with Gasteiger partial charge in [0.25, 0.3) is 0 Å². The van der Waals surface area contributed by atoms with E-state index in [2.05, 4.69) is 25.7 Å². The Morgan fingerprint density at radius 3 is 2.65 bits per heavy atom. The van der Waals surface area contributed by atoms with Crippen LogP contribution < -0.4 is 10.5 Å². The average Bonchev–Trinajstić information content (AvgIpc) is 2.35. The number of rotatable bonds is 4. The molecule has 1 rings (SSSR count). The number of benzene rings is 1. The summed E-state index contributed by atoms with van der Waals surface area (Å²) in [5.74, 6) is 5.85. The maximum Gasteiger partial charge on any atom is 0.135 e. The zero-order valence-electron chi connectivity index (χ0n) is 10.3. The molecule has 0 fully saturated rings. The Labute approximate surface area is 102 Å². The Balaban J connectivity index is 2.97. The maximum atomic E-state index is 13.1. The Bertz CT molecular complexity index is 416. The van der Waals surface area contributed by atoms with Crippen LogP contribution in [0.4, 0.5) is 4.39 Å². The van der Waals surface area contributed by atoms with Crippen LogP contribution in [0.25, 0.3) is 0 Å². The highest BCUT2D eigenvalue weighted by atomic mass is 19.1. The smallest absolute Gasteiger partial charge is 0.135 e. The molecule has 0 saturated heterocycles. The van der Waals surface area contributed by atoms with Crippen LogP contribution in [0.2, 0.25) is 0 Å². The van der Waals surface area contributed by atoms with Gasteiger partial charge in [-0.3, -0.25) is 0 Å². The van der Waals surface area contributed by atoms with Crippen molar-refractivity contribution in [1.29, 1.82) is 0 Å². The van der Waals surface area contributed by atoms with E-state index in [-0.39, 0.29) is 18.5 Å². The molecule has 0 bridgehead atoms. The van der Waals surface area contributed by atoms with E-state index in [9.17, 15) is 4.39 Å². The minimum atomic E-state index is -0.316. The molecule has 0 aliphatic heterocycles. The van der Waals surface area contributed by atoms with Crippen molar-refractivity contribution in [2.24, 2.45) is 5.73 Å². The quantitative estimate of drug-likeness (QED) is 0.814. The van der Waals surface area contributed by atoms with Gasteiger partial charge in [0.05, 0.1) is 18.2 Å². The van der Waals surface area contributed by atoms with Crippen molar-refractivity contribution in [3.8, 4) is 17.6 Å². The first kappa shape index (κ1) is 13.5. The average molecular weight is 235 g/mol. The maximum absolute atomic E-state index is 13.1. The van der Waals surface area contributed by atoms with Crippen molar-refractivity contribution in [3.63, 3.8) is 0 Å². The lowest BCUT2D eigenvalue weighted by Gasteiger charge is -2.16. The summed E-state index contributed by atoms with van der Waals surface area (Å²) >= 11 is 0. The summed E-state index contributed by atoms with van der Waals surface area (Å²) in [6.45, 7) is 4.37. The molecule has 1 aromatic rings. The van der Waals surface area contributed by atoms with E-state index in [4.69, 9.17) is 10.5 Å². The van der Waals surface area contributed by atoms with Crippen LogP contribution in [0.3, 0.4) is 0 Å². The standard InChI is InChI=1S/C14H18FNO/c1-3-13(4-2)17-14-8-7-12(15)10-11(14)6-5-9-16/h7-8,10,13H,3-4,9,16H2,1-2H3. The molecule has 0 aliphatic carbocycles. The van der Waals surface area contributed by atoms with Gasteiger partial charge in [-0.25, -0.2) is 4.39 Å². The molecule has 0 saturated carbocycles. The van der Waals surface area contributed by atoms with Gasteiger partial charge in [-0.1, -0.05) is 25.7 Å². The summed E-state index contributed by atoms with van der Waals surface area (Å²) in [6, 6.07) is 4.37. The van der Waals surface area contributed by atoms with E-state index in [1.54, 1.807) is 6.07 Å². The number of nitrogens with two attached hydrogens (primary N) is 1. The third-order valence-corrected chi connectivity index (χ3v) is 2.47. The van der Waals surface area contributed by atoms with Crippen LogP contribution in [0.5, 0.6) is 5.75 Å². The van der Waals surface area contributed by atoms with Gasteiger partial charge >= 0.3 is 0 Å². The minimum absolute atomic E-state index is 0.138. The fraction of sp³-hybridized carbons (Fsp3) is 0.429. The summed E-state index contributed by atoms with van der Waals surface area (Å²) < 4.78 is 18.9. The van der Waals surface area contributed by atoms with E-state index in [1.807, 2.05) is 0 Å². The highest BCUT2D eigenvalue weighted by Gasteiger charge is 2.09. The van der Waals surface area contributed by atoms with Gasteiger partial charge < -0.3 is 10.5 Å². The fourth-order valence-corrected chi connectivity index (χ4v) is 1.48. The monoisotopic (exact) mass is 235 g/mol. The van der Waals surface area contributed by atoms with Crippen molar-refractivity contribution in [2.75, 3.05) is 6.54 Å². The van der Waals surface area contributed by atoms with Crippen LogP contribution in [0.1, 0.15) is 32.3 Å². The Kier molecular flexibility index (Phi) is 5.51. The first-order valence-corrected chi connectivity index (χ1v) is 5.86. The topological polar surface area (TPSA) is 35.2 Å². The first-order valence-electron chi connectivity index (χ1n) is 5.86. The van der Waals surface area contributed by atoms with E-state index in [0.717, 1.165) is 12.8 Å². The molecule has 0 unspecified atom stereocenters. The molecular formula is C14H18FNO.